The molecule has 1 aromatic carbocycles. The minimum Gasteiger partial charge on any atom is -0.443 e. The van der Waals surface area contributed by atoms with Crippen molar-refractivity contribution in [3.8, 4) is 5.69 Å². The summed E-state index contributed by atoms with van der Waals surface area (Å²) in [7, 11) is 0. The van der Waals surface area contributed by atoms with Crippen LogP contribution in [0.25, 0.3) is 16.6 Å². The second-order valence-corrected chi connectivity index (χ2v) is 11.2. The smallest absolute Gasteiger partial charge is 0.425 e. The highest BCUT2D eigenvalue weighted by atomic mass is 35.5. The molecular formula is C26H27Cl2N7O4. The number of ether oxygens (including phenoxy) is 2. The minimum absolute atomic E-state index is 0.0540. The summed E-state index contributed by atoms with van der Waals surface area (Å²) in [6.07, 6.45) is 2.62. The Balaban J connectivity index is 1.70. The van der Waals surface area contributed by atoms with Crippen molar-refractivity contribution in [1.82, 2.24) is 24.7 Å². The number of hydrogen-bond donors (Lipinski definition) is 1. The van der Waals surface area contributed by atoms with Crippen molar-refractivity contribution in [1.29, 1.82) is 0 Å². The molecule has 3 aromatic heterocycles. The molecule has 0 aliphatic heterocycles. The molecule has 204 valence electrons. The average Bonchev–Trinajstić information content (AvgIpc) is 3.22. The first kappa shape index (κ1) is 28.1. The van der Waals surface area contributed by atoms with Crippen LogP contribution in [0.15, 0.2) is 49.1 Å². The van der Waals surface area contributed by atoms with Gasteiger partial charge in [0.05, 0.1) is 20.9 Å². The number of hydrogen-bond acceptors (Lipinski definition) is 9. The Labute approximate surface area is 235 Å². The number of pyridine rings is 1. The summed E-state index contributed by atoms with van der Waals surface area (Å²) in [5.74, 6) is 0.607. The topological polar surface area (TPSA) is 124 Å². The Morgan fingerprint density at radius 2 is 1.54 bits per heavy atom. The number of rotatable bonds is 4. The van der Waals surface area contributed by atoms with Crippen molar-refractivity contribution < 1.29 is 19.1 Å². The van der Waals surface area contributed by atoms with Gasteiger partial charge in [-0.2, -0.15) is 10.00 Å². The maximum absolute atomic E-state index is 13.0. The zero-order valence-electron chi connectivity index (χ0n) is 22.2. The van der Waals surface area contributed by atoms with Crippen LogP contribution in [0.4, 0.5) is 27.0 Å². The van der Waals surface area contributed by atoms with E-state index >= 15 is 0 Å². The first-order valence-electron chi connectivity index (χ1n) is 11.9. The molecule has 39 heavy (non-hydrogen) atoms. The third kappa shape index (κ3) is 6.73. The molecule has 3 heterocycles. The van der Waals surface area contributed by atoms with E-state index in [1.807, 2.05) is 0 Å². The summed E-state index contributed by atoms with van der Waals surface area (Å²) >= 11 is 12.7. The molecule has 2 amide bonds. The Kier molecular flexibility index (Phi) is 7.67. The van der Waals surface area contributed by atoms with E-state index < -0.39 is 23.4 Å². The van der Waals surface area contributed by atoms with Gasteiger partial charge in [0, 0.05) is 18.5 Å². The third-order valence-electron chi connectivity index (χ3n) is 4.88. The van der Waals surface area contributed by atoms with E-state index in [1.54, 1.807) is 82.9 Å². The molecule has 0 unspecified atom stereocenters. The fourth-order valence-corrected chi connectivity index (χ4v) is 3.97. The summed E-state index contributed by atoms with van der Waals surface area (Å²) < 4.78 is 12.4. The lowest BCUT2D eigenvalue weighted by molar-refractivity contribution is 0.0429. The van der Waals surface area contributed by atoms with Crippen LogP contribution in [-0.2, 0) is 9.47 Å². The van der Waals surface area contributed by atoms with E-state index in [1.165, 1.54) is 12.4 Å². The van der Waals surface area contributed by atoms with E-state index in [9.17, 15) is 9.59 Å². The van der Waals surface area contributed by atoms with Crippen molar-refractivity contribution >= 4 is 63.7 Å². The minimum atomic E-state index is -0.945. The van der Waals surface area contributed by atoms with E-state index in [0.717, 1.165) is 4.90 Å². The van der Waals surface area contributed by atoms with Gasteiger partial charge in [0.2, 0.25) is 0 Å². The second-order valence-electron chi connectivity index (χ2n) is 10.4. The van der Waals surface area contributed by atoms with Gasteiger partial charge in [0.25, 0.3) is 0 Å². The molecule has 0 aliphatic rings. The lowest BCUT2D eigenvalue weighted by Gasteiger charge is -2.28. The zero-order valence-corrected chi connectivity index (χ0v) is 23.7. The summed E-state index contributed by atoms with van der Waals surface area (Å²) in [4.78, 5) is 39.5. The molecule has 4 rings (SSSR count). The molecular weight excluding hydrogens is 545 g/mol. The second kappa shape index (κ2) is 10.7. The SMILES string of the molecule is CC(C)(C)OC(=O)N(C(=O)OC(C)(C)C)c1cc(Nc2nccc3nn(-c4c(Cl)cccc4Cl)cc23)ncn1. The molecule has 0 aliphatic carbocycles. The van der Waals surface area contributed by atoms with Gasteiger partial charge < -0.3 is 14.8 Å². The number of nitrogens with one attached hydrogen (secondary N) is 1. The predicted molar refractivity (Wildman–Crippen MR) is 149 cm³/mol. The van der Waals surface area contributed by atoms with Gasteiger partial charge in [-0.15, -0.1) is 0 Å². The van der Waals surface area contributed by atoms with Crippen molar-refractivity contribution in [3.05, 3.63) is 59.1 Å². The quantitative estimate of drug-likeness (QED) is 0.277. The van der Waals surface area contributed by atoms with E-state index in [2.05, 4.69) is 25.4 Å². The zero-order chi connectivity index (χ0) is 28.5. The number of para-hydroxylation sites is 1. The Bertz CT molecular complexity index is 1500. The van der Waals surface area contributed by atoms with E-state index in [-0.39, 0.29) is 11.6 Å². The number of anilines is 3. The summed E-state index contributed by atoms with van der Waals surface area (Å²) in [6.45, 7) is 10.1. The number of imide groups is 1. The number of halogens is 2. The van der Waals surface area contributed by atoms with Crippen molar-refractivity contribution in [2.45, 2.75) is 52.7 Å². The highest BCUT2D eigenvalue weighted by molar-refractivity contribution is 6.37. The van der Waals surface area contributed by atoms with Gasteiger partial charge in [0.1, 0.15) is 34.9 Å². The third-order valence-corrected chi connectivity index (χ3v) is 5.49. The summed E-state index contributed by atoms with van der Waals surface area (Å²) in [5.41, 5.74) is -0.592. The van der Waals surface area contributed by atoms with Crippen LogP contribution in [0.3, 0.4) is 0 Å². The molecule has 1 N–H and O–H groups in total. The Morgan fingerprint density at radius 1 is 0.923 bits per heavy atom. The number of fused-ring (bicyclic) bond motifs is 1. The molecule has 0 saturated heterocycles. The Hall–Kier alpha value is -3.96. The van der Waals surface area contributed by atoms with Crippen LogP contribution >= 0.6 is 23.2 Å². The van der Waals surface area contributed by atoms with Crippen molar-refractivity contribution in [2.75, 3.05) is 10.2 Å². The normalized spacial score (nSPS) is 11.8. The van der Waals surface area contributed by atoms with Gasteiger partial charge in [-0.05, 0) is 59.7 Å². The maximum atomic E-state index is 13.0. The van der Waals surface area contributed by atoms with Crippen LogP contribution in [0.1, 0.15) is 41.5 Å². The van der Waals surface area contributed by atoms with E-state index in [0.29, 0.717) is 32.5 Å². The standard InChI is InChI=1S/C26H27Cl2N7O4/c1-25(2,3)38-23(36)35(24(37)39-26(4,5)6)20-12-19(30-14-31-20)32-22-15-13-34(33-18(15)10-11-29-22)21-16(27)8-7-9-17(21)28/h7-14H,1-6H3,(H,29,30,31,32). The molecule has 0 fully saturated rings. The van der Waals surface area contributed by atoms with Crippen LogP contribution in [0, 0.1) is 0 Å². The number of nitrogens with zero attached hydrogens (tertiary/aromatic N) is 6. The van der Waals surface area contributed by atoms with Crippen LogP contribution < -0.4 is 10.2 Å². The molecule has 0 atom stereocenters. The van der Waals surface area contributed by atoms with Crippen LogP contribution in [-0.4, -0.2) is 48.1 Å². The fraction of sp³-hybridized carbons (Fsp3) is 0.308. The van der Waals surface area contributed by atoms with Gasteiger partial charge in [-0.25, -0.2) is 29.2 Å². The lowest BCUT2D eigenvalue weighted by Crippen LogP contribution is -2.44. The monoisotopic (exact) mass is 571 g/mol. The maximum Gasteiger partial charge on any atom is 0.425 e. The predicted octanol–water partition coefficient (Wildman–Crippen LogP) is 6.94. The summed E-state index contributed by atoms with van der Waals surface area (Å²) in [5, 5.41) is 9.18. The highest BCUT2D eigenvalue weighted by Crippen LogP contribution is 2.31. The fourth-order valence-electron chi connectivity index (χ4n) is 3.40. The van der Waals surface area contributed by atoms with Crippen LogP contribution in [0.5, 0.6) is 0 Å². The first-order valence-corrected chi connectivity index (χ1v) is 12.6. The number of carbonyl (C=O) groups excluding carboxylic acids is 2. The first-order chi connectivity index (χ1) is 18.2. The molecule has 0 saturated carbocycles. The highest BCUT2D eigenvalue weighted by Gasteiger charge is 2.34. The molecule has 11 nitrogen and oxygen atoms in total. The van der Waals surface area contributed by atoms with E-state index in [4.69, 9.17) is 32.7 Å². The molecule has 0 bridgehead atoms. The van der Waals surface area contributed by atoms with Gasteiger partial charge >= 0.3 is 12.2 Å². The van der Waals surface area contributed by atoms with Crippen molar-refractivity contribution in [3.63, 3.8) is 0 Å². The number of benzene rings is 1. The Morgan fingerprint density at radius 3 is 2.13 bits per heavy atom. The summed E-state index contributed by atoms with van der Waals surface area (Å²) in [6, 6.07) is 8.33. The number of amides is 2. The van der Waals surface area contributed by atoms with Gasteiger partial charge in [0.15, 0.2) is 5.82 Å². The number of aromatic nitrogens is 5. The lowest BCUT2D eigenvalue weighted by atomic mass is 10.2. The molecule has 0 radical (unpaired) electrons. The van der Waals surface area contributed by atoms with Crippen molar-refractivity contribution in [2.24, 2.45) is 0 Å². The average molecular weight is 572 g/mol. The van der Waals surface area contributed by atoms with Gasteiger partial charge in [-0.3, -0.25) is 0 Å². The molecule has 0 spiro atoms. The van der Waals surface area contributed by atoms with Crippen LogP contribution in [0.2, 0.25) is 10.0 Å². The molecule has 4 aromatic rings. The number of carbonyl (C=O) groups is 2. The molecule has 13 heteroatoms. The van der Waals surface area contributed by atoms with Gasteiger partial charge in [-0.1, -0.05) is 29.3 Å². The largest absolute Gasteiger partial charge is 0.443 e.